The Labute approximate surface area is 175 Å². The van der Waals surface area contributed by atoms with Gasteiger partial charge in [-0.2, -0.15) is 0 Å². The van der Waals surface area contributed by atoms with Crippen molar-refractivity contribution >= 4 is 0 Å². The van der Waals surface area contributed by atoms with E-state index in [2.05, 4.69) is 41.5 Å². The van der Waals surface area contributed by atoms with Crippen molar-refractivity contribution in [3.63, 3.8) is 0 Å². The van der Waals surface area contributed by atoms with Crippen molar-refractivity contribution in [2.75, 3.05) is 26.4 Å². The van der Waals surface area contributed by atoms with Crippen molar-refractivity contribution in [2.24, 2.45) is 34.5 Å². The Morgan fingerprint density at radius 1 is 0.750 bits per heavy atom. The lowest BCUT2D eigenvalue weighted by molar-refractivity contribution is -0.160. The van der Waals surface area contributed by atoms with E-state index in [-0.39, 0.29) is 18.0 Å². The molecule has 4 heteroatoms. The highest BCUT2D eigenvalue weighted by atomic mass is 16.7. The van der Waals surface area contributed by atoms with Gasteiger partial charge in [0.25, 0.3) is 0 Å². The zero-order valence-corrected chi connectivity index (χ0v) is 20.3. The van der Waals surface area contributed by atoms with Gasteiger partial charge in [-0.1, -0.05) is 41.5 Å². The predicted molar refractivity (Wildman–Crippen MR) is 116 cm³/mol. The Morgan fingerprint density at radius 2 is 1.21 bits per heavy atom. The smallest absolute Gasteiger partial charge is 0.154 e. The van der Waals surface area contributed by atoms with Crippen LogP contribution in [0.5, 0.6) is 0 Å². The molecule has 0 radical (unpaired) electrons. The highest BCUT2D eigenvalue weighted by molar-refractivity contribution is 4.96. The summed E-state index contributed by atoms with van der Waals surface area (Å²) in [6.07, 6.45) is 2.15. The third kappa shape index (κ3) is 8.69. The molecule has 28 heavy (non-hydrogen) atoms. The first kappa shape index (κ1) is 25.9. The minimum absolute atomic E-state index is 0.155. The number of hydrogen-bond acceptors (Lipinski definition) is 4. The van der Waals surface area contributed by atoms with Gasteiger partial charge in [0.05, 0.1) is 13.2 Å². The van der Waals surface area contributed by atoms with E-state index in [0.717, 1.165) is 13.2 Å². The zero-order valence-electron chi connectivity index (χ0n) is 20.3. The third-order valence-corrected chi connectivity index (χ3v) is 6.07. The van der Waals surface area contributed by atoms with Crippen LogP contribution in [0.2, 0.25) is 0 Å². The second-order valence-electron chi connectivity index (χ2n) is 10.8. The first-order valence-electron chi connectivity index (χ1n) is 11.3. The standard InChI is InChI=1S/C24H48O4/c1-11-25-17(3)27-15-20-19(14-23(5,6)7)13-22(24(8,9)10)21(20)16-28-18(4)26-12-2/h17-22H,11-16H2,1-10H3. The predicted octanol–water partition coefficient (Wildman–Crippen LogP) is 6.14. The molecule has 1 aliphatic rings. The maximum absolute atomic E-state index is 6.15. The van der Waals surface area contributed by atoms with Crippen LogP contribution in [-0.2, 0) is 18.9 Å². The lowest BCUT2D eigenvalue weighted by Crippen LogP contribution is -2.34. The molecule has 168 valence electrons. The van der Waals surface area contributed by atoms with Crippen LogP contribution in [0.1, 0.15) is 82.1 Å². The summed E-state index contributed by atoms with van der Waals surface area (Å²) in [6.45, 7) is 25.0. The fraction of sp³-hybridized carbons (Fsp3) is 1.00. The van der Waals surface area contributed by atoms with Gasteiger partial charge in [0, 0.05) is 13.2 Å². The Balaban J connectivity index is 2.99. The summed E-state index contributed by atoms with van der Waals surface area (Å²) in [4.78, 5) is 0. The van der Waals surface area contributed by atoms with E-state index in [1.165, 1.54) is 12.8 Å². The summed E-state index contributed by atoms with van der Waals surface area (Å²) >= 11 is 0. The molecule has 1 rings (SSSR count). The van der Waals surface area contributed by atoms with Gasteiger partial charge in [-0.3, -0.25) is 0 Å². The topological polar surface area (TPSA) is 36.9 Å². The minimum Gasteiger partial charge on any atom is -0.353 e. The lowest BCUT2D eigenvalue weighted by Gasteiger charge is -2.35. The van der Waals surface area contributed by atoms with Crippen molar-refractivity contribution in [3.05, 3.63) is 0 Å². The summed E-state index contributed by atoms with van der Waals surface area (Å²) < 4.78 is 23.5. The molecule has 1 aliphatic carbocycles. The molecular weight excluding hydrogens is 352 g/mol. The summed E-state index contributed by atoms with van der Waals surface area (Å²) in [5.41, 5.74) is 0.560. The quantitative estimate of drug-likeness (QED) is 0.391. The average Bonchev–Trinajstić information content (AvgIpc) is 2.87. The van der Waals surface area contributed by atoms with Crippen LogP contribution in [0.25, 0.3) is 0 Å². The molecule has 1 fully saturated rings. The monoisotopic (exact) mass is 400 g/mol. The Morgan fingerprint density at radius 3 is 1.61 bits per heavy atom. The number of ether oxygens (including phenoxy) is 4. The average molecular weight is 401 g/mol. The van der Waals surface area contributed by atoms with Gasteiger partial charge < -0.3 is 18.9 Å². The fourth-order valence-electron chi connectivity index (χ4n) is 4.90. The van der Waals surface area contributed by atoms with E-state index in [0.29, 0.717) is 42.3 Å². The summed E-state index contributed by atoms with van der Waals surface area (Å²) in [6, 6.07) is 0. The SMILES string of the molecule is CCOC(C)OCC1C(CC(C)(C)C)CC(C(C)(C)C)C1COC(C)OCC. The molecule has 0 aromatic carbocycles. The van der Waals surface area contributed by atoms with Gasteiger partial charge >= 0.3 is 0 Å². The zero-order chi connectivity index (χ0) is 21.5. The molecule has 0 bridgehead atoms. The van der Waals surface area contributed by atoms with Crippen molar-refractivity contribution in [1.29, 1.82) is 0 Å². The maximum Gasteiger partial charge on any atom is 0.154 e. The summed E-state index contributed by atoms with van der Waals surface area (Å²) in [5.74, 6) is 2.22. The molecule has 6 unspecified atom stereocenters. The van der Waals surface area contributed by atoms with Crippen LogP contribution in [0, 0.1) is 34.5 Å². The van der Waals surface area contributed by atoms with Crippen LogP contribution in [0.4, 0.5) is 0 Å². The molecule has 0 heterocycles. The van der Waals surface area contributed by atoms with E-state index < -0.39 is 0 Å². The summed E-state index contributed by atoms with van der Waals surface area (Å²) in [7, 11) is 0. The van der Waals surface area contributed by atoms with Gasteiger partial charge in [0.15, 0.2) is 12.6 Å². The van der Waals surface area contributed by atoms with E-state index in [1.54, 1.807) is 0 Å². The van der Waals surface area contributed by atoms with Crippen molar-refractivity contribution in [1.82, 2.24) is 0 Å². The molecule has 0 aromatic rings. The third-order valence-electron chi connectivity index (χ3n) is 6.07. The second kappa shape index (κ2) is 11.3. The molecule has 1 saturated carbocycles. The molecule has 0 N–H and O–H groups in total. The van der Waals surface area contributed by atoms with Crippen LogP contribution in [0.3, 0.4) is 0 Å². The Bertz CT molecular complexity index is 423. The highest BCUT2D eigenvalue weighted by Gasteiger charge is 2.48. The largest absolute Gasteiger partial charge is 0.353 e. The molecular formula is C24H48O4. The van der Waals surface area contributed by atoms with Crippen LogP contribution in [0.15, 0.2) is 0 Å². The van der Waals surface area contributed by atoms with E-state index in [4.69, 9.17) is 18.9 Å². The van der Waals surface area contributed by atoms with Crippen molar-refractivity contribution in [3.8, 4) is 0 Å². The molecule has 0 amide bonds. The summed E-state index contributed by atoms with van der Waals surface area (Å²) in [5, 5.41) is 0. The first-order chi connectivity index (χ1) is 12.9. The van der Waals surface area contributed by atoms with Gasteiger partial charge in [-0.05, 0) is 75.0 Å². The molecule has 0 aliphatic heterocycles. The van der Waals surface area contributed by atoms with E-state index in [1.807, 2.05) is 27.7 Å². The molecule has 0 spiro atoms. The van der Waals surface area contributed by atoms with Crippen LogP contribution in [-0.4, -0.2) is 39.0 Å². The van der Waals surface area contributed by atoms with E-state index >= 15 is 0 Å². The Hall–Kier alpha value is -0.160. The minimum atomic E-state index is -0.156. The molecule has 4 nitrogen and oxygen atoms in total. The van der Waals surface area contributed by atoms with Crippen molar-refractivity contribution < 1.29 is 18.9 Å². The van der Waals surface area contributed by atoms with Crippen LogP contribution < -0.4 is 0 Å². The molecule has 6 atom stereocenters. The molecule has 0 aromatic heterocycles. The first-order valence-corrected chi connectivity index (χ1v) is 11.3. The fourth-order valence-corrected chi connectivity index (χ4v) is 4.90. The van der Waals surface area contributed by atoms with Gasteiger partial charge in [0.1, 0.15) is 0 Å². The number of hydrogen-bond donors (Lipinski definition) is 0. The van der Waals surface area contributed by atoms with Gasteiger partial charge in [-0.15, -0.1) is 0 Å². The van der Waals surface area contributed by atoms with Gasteiger partial charge in [-0.25, -0.2) is 0 Å². The second-order valence-corrected chi connectivity index (χ2v) is 10.8. The number of rotatable bonds is 11. The Kier molecular flexibility index (Phi) is 10.4. The van der Waals surface area contributed by atoms with Crippen molar-refractivity contribution in [2.45, 2.75) is 94.7 Å². The normalized spacial score (nSPS) is 28.5. The van der Waals surface area contributed by atoms with Gasteiger partial charge in [0.2, 0.25) is 0 Å². The van der Waals surface area contributed by atoms with E-state index in [9.17, 15) is 0 Å². The maximum atomic E-state index is 6.15. The molecule has 0 saturated heterocycles. The lowest BCUT2D eigenvalue weighted by atomic mass is 9.73. The highest BCUT2D eigenvalue weighted by Crippen LogP contribution is 2.52. The van der Waals surface area contributed by atoms with Crippen LogP contribution >= 0.6 is 0 Å².